The van der Waals surface area contributed by atoms with E-state index >= 15 is 0 Å². The Morgan fingerprint density at radius 1 is 1.29 bits per heavy atom. The molecule has 1 aromatic rings. The van der Waals surface area contributed by atoms with E-state index in [0.29, 0.717) is 12.5 Å². The number of nitrogens with zero attached hydrogens (tertiary/aromatic N) is 1. The van der Waals surface area contributed by atoms with Gasteiger partial charge < -0.3 is 15.4 Å². The molecule has 2 N–H and O–H groups in total. The second-order valence-corrected chi connectivity index (χ2v) is 4.64. The fourth-order valence-corrected chi connectivity index (χ4v) is 1.63. The Morgan fingerprint density at radius 2 is 1.95 bits per heavy atom. The Balaban J connectivity index is 2.50. The smallest absolute Gasteiger partial charge is 0.419 e. The van der Waals surface area contributed by atoms with E-state index in [9.17, 15) is 13.2 Å². The van der Waals surface area contributed by atoms with E-state index in [1.807, 2.05) is 13.8 Å². The Labute approximate surface area is 122 Å². The topological polar surface area (TPSA) is 45.7 Å². The third-order valence-electron chi connectivity index (χ3n) is 2.49. The number of alkyl halides is 3. The summed E-state index contributed by atoms with van der Waals surface area (Å²) >= 11 is 0. The molecule has 4 nitrogen and oxygen atoms in total. The van der Waals surface area contributed by atoms with Gasteiger partial charge in [0.05, 0.1) is 12.1 Å². The molecule has 0 bridgehead atoms. The van der Waals surface area contributed by atoms with Crippen LogP contribution in [0.25, 0.3) is 0 Å². The standard InChI is InChI=1S/C14H20F3N3O/c1-10(2)20-13(18-3)19-8-9-21-12-7-5-4-6-11(12)14(15,16)17/h4-7,10H,8-9H2,1-3H3,(H2,18,19,20). The van der Waals surface area contributed by atoms with Crippen molar-refractivity contribution < 1.29 is 17.9 Å². The maximum atomic E-state index is 12.8. The van der Waals surface area contributed by atoms with Gasteiger partial charge in [-0.2, -0.15) is 13.2 Å². The summed E-state index contributed by atoms with van der Waals surface area (Å²) in [6.45, 7) is 4.37. The molecule has 0 heterocycles. The van der Waals surface area contributed by atoms with E-state index in [4.69, 9.17) is 4.74 Å². The summed E-state index contributed by atoms with van der Waals surface area (Å²) in [7, 11) is 1.62. The van der Waals surface area contributed by atoms with Crippen LogP contribution >= 0.6 is 0 Å². The minimum atomic E-state index is -4.42. The van der Waals surface area contributed by atoms with Crippen molar-refractivity contribution in [3.63, 3.8) is 0 Å². The molecule has 0 spiro atoms. The maximum absolute atomic E-state index is 12.8. The van der Waals surface area contributed by atoms with Gasteiger partial charge in [0.15, 0.2) is 5.96 Å². The first-order valence-electron chi connectivity index (χ1n) is 6.60. The number of para-hydroxylation sites is 1. The fourth-order valence-electron chi connectivity index (χ4n) is 1.63. The van der Waals surface area contributed by atoms with Crippen LogP contribution in [0.4, 0.5) is 13.2 Å². The quantitative estimate of drug-likeness (QED) is 0.499. The number of aliphatic imine (C=N–C) groups is 1. The zero-order chi connectivity index (χ0) is 15.9. The Kier molecular flexibility index (Phi) is 6.33. The van der Waals surface area contributed by atoms with Crippen LogP contribution in [0.2, 0.25) is 0 Å². The zero-order valence-electron chi connectivity index (χ0n) is 12.3. The highest BCUT2D eigenvalue weighted by Crippen LogP contribution is 2.35. The monoisotopic (exact) mass is 303 g/mol. The largest absolute Gasteiger partial charge is 0.491 e. The molecule has 0 saturated carbocycles. The molecule has 0 unspecified atom stereocenters. The predicted molar refractivity (Wildman–Crippen MR) is 76.6 cm³/mol. The summed E-state index contributed by atoms with van der Waals surface area (Å²) in [6.07, 6.45) is -4.42. The number of halogens is 3. The molecule has 0 atom stereocenters. The van der Waals surface area contributed by atoms with Crippen molar-refractivity contribution >= 4 is 5.96 Å². The molecule has 118 valence electrons. The summed E-state index contributed by atoms with van der Waals surface area (Å²) in [5.74, 6) is 0.413. The van der Waals surface area contributed by atoms with E-state index in [0.717, 1.165) is 6.07 Å². The number of hydrogen-bond donors (Lipinski definition) is 2. The number of nitrogens with one attached hydrogen (secondary N) is 2. The molecule has 0 saturated heterocycles. The van der Waals surface area contributed by atoms with Crippen LogP contribution in [0.3, 0.4) is 0 Å². The highest BCUT2D eigenvalue weighted by atomic mass is 19.4. The summed E-state index contributed by atoms with van der Waals surface area (Å²) < 4.78 is 43.5. The minimum absolute atomic E-state index is 0.103. The molecular formula is C14H20F3N3O. The lowest BCUT2D eigenvalue weighted by Gasteiger charge is -2.16. The lowest BCUT2D eigenvalue weighted by atomic mass is 10.2. The van der Waals surface area contributed by atoms with E-state index in [2.05, 4.69) is 15.6 Å². The van der Waals surface area contributed by atoms with Crippen molar-refractivity contribution in [2.24, 2.45) is 4.99 Å². The lowest BCUT2D eigenvalue weighted by Crippen LogP contribution is -2.42. The van der Waals surface area contributed by atoms with Gasteiger partial charge in [0.1, 0.15) is 12.4 Å². The Hall–Kier alpha value is -1.92. The van der Waals surface area contributed by atoms with Gasteiger partial charge in [-0.3, -0.25) is 4.99 Å². The highest BCUT2D eigenvalue weighted by Gasteiger charge is 2.33. The third-order valence-corrected chi connectivity index (χ3v) is 2.49. The van der Waals surface area contributed by atoms with E-state index in [1.165, 1.54) is 18.2 Å². The van der Waals surface area contributed by atoms with Crippen LogP contribution in [-0.4, -0.2) is 32.2 Å². The molecule has 0 aromatic heterocycles. The second kappa shape index (κ2) is 7.75. The second-order valence-electron chi connectivity index (χ2n) is 4.64. The summed E-state index contributed by atoms with van der Waals surface area (Å²) in [5.41, 5.74) is -0.769. The van der Waals surface area contributed by atoms with Gasteiger partial charge in [-0.05, 0) is 26.0 Å². The first-order chi connectivity index (χ1) is 9.84. The van der Waals surface area contributed by atoms with E-state index in [-0.39, 0.29) is 18.4 Å². The normalized spacial score (nSPS) is 12.4. The minimum Gasteiger partial charge on any atom is -0.491 e. The third kappa shape index (κ3) is 5.93. The van der Waals surface area contributed by atoms with Crippen LogP contribution in [0.1, 0.15) is 19.4 Å². The molecule has 7 heteroatoms. The molecule has 0 amide bonds. The SMILES string of the molecule is CN=C(NCCOc1ccccc1C(F)(F)F)NC(C)C. The Bertz CT molecular complexity index is 473. The number of ether oxygens (including phenoxy) is 1. The summed E-state index contributed by atoms with van der Waals surface area (Å²) in [4.78, 5) is 3.99. The number of guanidine groups is 1. The molecule has 0 aliphatic heterocycles. The van der Waals surface area contributed by atoms with Crippen molar-refractivity contribution in [3.05, 3.63) is 29.8 Å². The first kappa shape index (κ1) is 17.1. The van der Waals surface area contributed by atoms with Crippen molar-refractivity contribution in [1.82, 2.24) is 10.6 Å². The average Bonchev–Trinajstić information content (AvgIpc) is 2.41. The molecule has 0 aliphatic carbocycles. The van der Waals surface area contributed by atoms with Crippen molar-refractivity contribution in [2.75, 3.05) is 20.2 Å². The van der Waals surface area contributed by atoms with Crippen LogP contribution in [0.15, 0.2) is 29.3 Å². The van der Waals surface area contributed by atoms with Gasteiger partial charge >= 0.3 is 6.18 Å². The summed E-state index contributed by atoms with van der Waals surface area (Å²) in [6, 6.07) is 5.37. The maximum Gasteiger partial charge on any atom is 0.419 e. The molecule has 0 fully saturated rings. The van der Waals surface area contributed by atoms with Crippen molar-refractivity contribution in [3.8, 4) is 5.75 Å². The molecule has 0 radical (unpaired) electrons. The zero-order valence-corrected chi connectivity index (χ0v) is 12.3. The van der Waals surface area contributed by atoms with Gasteiger partial charge in [0.25, 0.3) is 0 Å². The van der Waals surface area contributed by atoms with E-state index < -0.39 is 11.7 Å². The van der Waals surface area contributed by atoms with Gasteiger partial charge in [-0.1, -0.05) is 12.1 Å². The van der Waals surface area contributed by atoms with Gasteiger partial charge in [-0.15, -0.1) is 0 Å². The number of benzene rings is 1. The van der Waals surface area contributed by atoms with Crippen LogP contribution < -0.4 is 15.4 Å². The molecule has 21 heavy (non-hydrogen) atoms. The predicted octanol–water partition coefficient (Wildman–Crippen LogP) is 2.66. The van der Waals surface area contributed by atoms with Gasteiger partial charge in [0, 0.05) is 13.1 Å². The Morgan fingerprint density at radius 3 is 2.52 bits per heavy atom. The van der Waals surface area contributed by atoms with Crippen LogP contribution in [0.5, 0.6) is 5.75 Å². The van der Waals surface area contributed by atoms with E-state index in [1.54, 1.807) is 7.05 Å². The van der Waals surface area contributed by atoms with Gasteiger partial charge in [-0.25, -0.2) is 0 Å². The van der Waals surface area contributed by atoms with Crippen molar-refractivity contribution in [1.29, 1.82) is 0 Å². The number of rotatable bonds is 5. The first-order valence-corrected chi connectivity index (χ1v) is 6.60. The highest BCUT2D eigenvalue weighted by molar-refractivity contribution is 5.79. The molecular weight excluding hydrogens is 283 g/mol. The molecule has 0 aliphatic rings. The molecule has 1 rings (SSSR count). The van der Waals surface area contributed by atoms with Crippen molar-refractivity contribution in [2.45, 2.75) is 26.1 Å². The van der Waals surface area contributed by atoms with Crippen LogP contribution in [0, 0.1) is 0 Å². The lowest BCUT2D eigenvalue weighted by molar-refractivity contribution is -0.138. The molecule has 1 aromatic carbocycles. The number of hydrogen-bond acceptors (Lipinski definition) is 2. The summed E-state index contributed by atoms with van der Waals surface area (Å²) in [5, 5.41) is 6.03. The van der Waals surface area contributed by atoms with Crippen LogP contribution in [-0.2, 0) is 6.18 Å². The fraction of sp³-hybridized carbons (Fsp3) is 0.500. The average molecular weight is 303 g/mol. The van der Waals surface area contributed by atoms with Gasteiger partial charge in [0.2, 0.25) is 0 Å².